The van der Waals surface area contributed by atoms with E-state index >= 15 is 0 Å². The summed E-state index contributed by atoms with van der Waals surface area (Å²) < 4.78 is 10.4. The number of nitrogens with one attached hydrogen (secondary N) is 2. The molecule has 8 nitrogen and oxygen atoms in total. The van der Waals surface area contributed by atoms with Gasteiger partial charge in [-0.3, -0.25) is 19.3 Å². The number of imide groups is 1. The first-order valence-corrected chi connectivity index (χ1v) is 10.6. The van der Waals surface area contributed by atoms with Crippen LogP contribution in [0.5, 0.6) is 5.75 Å². The molecule has 0 unspecified atom stereocenters. The minimum atomic E-state index is -0.409. The van der Waals surface area contributed by atoms with Gasteiger partial charge in [-0.25, -0.2) is 0 Å². The van der Waals surface area contributed by atoms with Gasteiger partial charge in [-0.15, -0.1) is 0 Å². The Morgan fingerprint density at radius 3 is 2.97 bits per heavy atom. The topological polar surface area (TPSA) is 105 Å². The van der Waals surface area contributed by atoms with Crippen molar-refractivity contribution in [3.8, 4) is 5.75 Å². The zero-order valence-corrected chi connectivity index (χ0v) is 17.7. The molecule has 0 radical (unpaired) electrons. The molecular weight excluding hydrogens is 418 g/mol. The molecule has 31 heavy (non-hydrogen) atoms. The van der Waals surface area contributed by atoms with E-state index in [1.165, 1.54) is 12.3 Å². The van der Waals surface area contributed by atoms with Gasteiger partial charge in [0.2, 0.25) is 5.91 Å². The van der Waals surface area contributed by atoms with E-state index in [2.05, 4.69) is 10.3 Å². The summed E-state index contributed by atoms with van der Waals surface area (Å²) in [5.41, 5.74) is 2.06. The average molecular weight is 439 g/mol. The molecule has 2 N–H and O–H groups in total. The molecule has 3 aromatic rings. The SMILES string of the molecule is COc1ccc2c(CCNC(=O)CCN3C(=O)SC(=Cc4ccco4)C3=O)c[nH]c2c1. The second kappa shape index (κ2) is 9.13. The zero-order chi connectivity index (χ0) is 21.8. The lowest BCUT2D eigenvalue weighted by atomic mass is 10.1. The van der Waals surface area contributed by atoms with Crippen molar-refractivity contribution in [2.45, 2.75) is 12.8 Å². The number of aromatic amines is 1. The molecule has 0 spiro atoms. The summed E-state index contributed by atoms with van der Waals surface area (Å²) >= 11 is 0.846. The van der Waals surface area contributed by atoms with Crippen LogP contribution in [0.3, 0.4) is 0 Å². The Bertz CT molecular complexity index is 1150. The molecule has 0 atom stereocenters. The van der Waals surface area contributed by atoms with Gasteiger partial charge in [0.15, 0.2) is 0 Å². The first-order chi connectivity index (χ1) is 15.0. The van der Waals surface area contributed by atoms with E-state index < -0.39 is 5.91 Å². The van der Waals surface area contributed by atoms with Gasteiger partial charge in [0.05, 0.1) is 18.3 Å². The van der Waals surface area contributed by atoms with Crippen molar-refractivity contribution in [3.63, 3.8) is 0 Å². The lowest BCUT2D eigenvalue weighted by molar-refractivity contribution is -0.124. The normalized spacial score (nSPS) is 15.3. The van der Waals surface area contributed by atoms with Crippen LogP contribution >= 0.6 is 11.8 Å². The number of carbonyl (C=O) groups is 3. The summed E-state index contributed by atoms with van der Waals surface area (Å²) in [5.74, 6) is 0.656. The second-order valence-corrected chi connectivity index (χ2v) is 7.92. The molecule has 1 saturated heterocycles. The minimum Gasteiger partial charge on any atom is -0.497 e. The minimum absolute atomic E-state index is 0.0406. The molecule has 0 saturated carbocycles. The van der Waals surface area contributed by atoms with Gasteiger partial charge >= 0.3 is 0 Å². The fourth-order valence-electron chi connectivity index (χ4n) is 3.33. The van der Waals surface area contributed by atoms with Crippen molar-refractivity contribution in [2.24, 2.45) is 0 Å². The lowest BCUT2D eigenvalue weighted by Crippen LogP contribution is -2.34. The maximum atomic E-state index is 12.4. The highest BCUT2D eigenvalue weighted by atomic mass is 32.2. The van der Waals surface area contributed by atoms with Crippen molar-refractivity contribution in [2.75, 3.05) is 20.2 Å². The maximum Gasteiger partial charge on any atom is 0.293 e. The first kappa shape index (κ1) is 20.8. The molecule has 3 amide bonds. The maximum absolute atomic E-state index is 12.4. The first-order valence-electron chi connectivity index (χ1n) is 9.74. The number of methoxy groups -OCH3 is 1. The van der Waals surface area contributed by atoms with Crippen molar-refractivity contribution >= 4 is 45.8 Å². The number of rotatable bonds is 8. The van der Waals surface area contributed by atoms with Gasteiger partial charge in [-0.1, -0.05) is 0 Å². The number of nitrogens with zero attached hydrogens (tertiary/aromatic N) is 1. The largest absolute Gasteiger partial charge is 0.497 e. The third-order valence-corrected chi connectivity index (χ3v) is 5.85. The van der Waals surface area contributed by atoms with Crippen LogP contribution in [0.15, 0.2) is 52.1 Å². The molecule has 0 aliphatic carbocycles. The Kier molecular flexibility index (Phi) is 6.13. The lowest BCUT2D eigenvalue weighted by Gasteiger charge is -2.12. The molecule has 1 aliphatic heterocycles. The van der Waals surface area contributed by atoms with E-state index in [-0.39, 0.29) is 29.0 Å². The van der Waals surface area contributed by atoms with Gasteiger partial charge < -0.3 is 19.5 Å². The Morgan fingerprint density at radius 2 is 2.19 bits per heavy atom. The number of ether oxygens (including phenoxy) is 1. The fraction of sp³-hybridized carbons (Fsp3) is 0.227. The number of aromatic nitrogens is 1. The van der Waals surface area contributed by atoms with E-state index in [9.17, 15) is 14.4 Å². The molecule has 0 bridgehead atoms. The summed E-state index contributed by atoms with van der Waals surface area (Å²) in [6.07, 6.45) is 5.65. The van der Waals surface area contributed by atoms with Gasteiger partial charge in [-0.05, 0) is 48.0 Å². The van der Waals surface area contributed by atoms with E-state index in [1.807, 2.05) is 24.4 Å². The quantitative estimate of drug-likeness (QED) is 0.520. The van der Waals surface area contributed by atoms with E-state index in [4.69, 9.17) is 9.15 Å². The van der Waals surface area contributed by atoms with Crippen LogP contribution < -0.4 is 10.1 Å². The summed E-state index contributed by atoms with van der Waals surface area (Å²) in [5, 5.41) is 3.54. The highest BCUT2D eigenvalue weighted by Gasteiger charge is 2.35. The number of fused-ring (bicyclic) bond motifs is 1. The third kappa shape index (κ3) is 4.66. The van der Waals surface area contributed by atoms with Crippen molar-refractivity contribution in [3.05, 3.63) is 59.0 Å². The molecule has 1 aliphatic rings. The summed E-state index contributed by atoms with van der Waals surface area (Å²) in [6, 6.07) is 9.21. The van der Waals surface area contributed by atoms with Crippen molar-refractivity contribution in [1.82, 2.24) is 15.2 Å². The van der Waals surface area contributed by atoms with Crippen molar-refractivity contribution < 1.29 is 23.5 Å². The van der Waals surface area contributed by atoms with Crippen LogP contribution in [0.25, 0.3) is 17.0 Å². The highest BCUT2D eigenvalue weighted by Crippen LogP contribution is 2.32. The molecule has 1 aromatic carbocycles. The molecule has 4 rings (SSSR count). The second-order valence-electron chi connectivity index (χ2n) is 6.92. The smallest absolute Gasteiger partial charge is 0.293 e. The third-order valence-electron chi connectivity index (χ3n) is 4.94. The van der Waals surface area contributed by atoms with Gasteiger partial charge in [0.25, 0.3) is 11.1 Å². The predicted octanol–water partition coefficient (Wildman–Crippen LogP) is 3.55. The van der Waals surface area contributed by atoms with E-state index in [1.54, 1.807) is 19.2 Å². The molecule has 2 aromatic heterocycles. The van der Waals surface area contributed by atoms with Crippen molar-refractivity contribution in [1.29, 1.82) is 0 Å². The number of furan rings is 1. The van der Waals surface area contributed by atoms with Crippen LogP contribution in [-0.2, 0) is 16.0 Å². The Labute approximate surface area is 182 Å². The van der Waals surface area contributed by atoms with Gasteiger partial charge in [-0.2, -0.15) is 0 Å². The Morgan fingerprint density at radius 1 is 1.32 bits per heavy atom. The standard InChI is InChI=1S/C22H21N3O5S/c1-29-15-4-5-17-14(13-24-18(17)11-15)6-8-23-20(26)7-9-25-21(27)19(31-22(25)28)12-16-3-2-10-30-16/h2-5,10-13,24H,6-9H2,1H3,(H,23,26). The van der Waals surface area contributed by atoms with Crippen LogP contribution in [0, 0.1) is 0 Å². The van der Waals surface area contributed by atoms with Gasteiger partial charge in [0.1, 0.15) is 11.5 Å². The predicted molar refractivity (Wildman–Crippen MR) is 118 cm³/mol. The zero-order valence-electron chi connectivity index (χ0n) is 16.8. The van der Waals surface area contributed by atoms with Crippen LogP contribution in [-0.4, -0.2) is 47.1 Å². The number of thioether (sulfide) groups is 1. The van der Waals surface area contributed by atoms with Crippen LogP contribution in [0.1, 0.15) is 17.7 Å². The summed E-state index contributed by atoms with van der Waals surface area (Å²) in [6.45, 7) is 0.497. The molecule has 9 heteroatoms. The Hall–Kier alpha value is -3.46. The van der Waals surface area contributed by atoms with Gasteiger partial charge in [0, 0.05) is 48.8 Å². The molecule has 3 heterocycles. The van der Waals surface area contributed by atoms with E-state index in [0.29, 0.717) is 18.7 Å². The van der Waals surface area contributed by atoms with E-state index in [0.717, 1.165) is 38.9 Å². The summed E-state index contributed by atoms with van der Waals surface area (Å²) in [4.78, 5) is 41.3. The molecule has 1 fully saturated rings. The number of benzene rings is 1. The number of hydrogen-bond acceptors (Lipinski definition) is 6. The monoisotopic (exact) mass is 439 g/mol. The fourth-order valence-corrected chi connectivity index (χ4v) is 4.18. The highest BCUT2D eigenvalue weighted by molar-refractivity contribution is 8.18. The Balaban J connectivity index is 1.26. The number of carbonyl (C=O) groups excluding carboxylic acids is 3. The average Bonchev–Trinajstić information content (AvgIpc) is 3.48. The molecular formula is C22H21N3O5S. The summed E-state index contributed by atoms with van der Waals surface area (Å²) in [7, 11) is 1.62. The number of hydrogen-bond donors (Lipinski definition) is 2. The number of amides is 3. The number of H-pyrrole nitrogens is 1. The molecule has 160 valence electrons. The van der Waals surface area contributed by atoms with Crippen LogP contribution in [0.4, 0.5) is 4.79 Å². The van der Waals surface area contributed by atoms with Crippen LogP contribution in [0.2, 0.25) is 0 Å².